The molecule has 1 aromatic heterocycles. The lowest BCUT2D eigenvalue weighted by Crippen LogP contribution is -2.37. The van der Waals surface area contributed by atoms with Gasteiger partial charge in [0.15, 0.2) is 0 Å². The number of carbonyl (C=O) groups is 2. The van der Waals surface area contributed by atoms with Crippen molar-refractivity contribution in [3.05, 3.63) is 54.1 Å². The highest BCUT2D eigenvalue weighted by Gasteiger charge is 2.52. The second kappa shape index (κ2) is 11.2. The second-order valence-electron chi connectivity index (χ2n) is 8.83. The number of aryl methyl sites for hydroxylation is 2. The first kappa shape index (κ1) is 23.9. The van der Waals surface area contributed by atoms with E-state index in [1.165, 1.54) is 11.3 Å². The van der Waals surface area contributed by atoms with Gasteiger partial charge in [-0.05, 0) is 24.3 Å². The zero-order chi connectivity index (χ0) is 23.0. The van der Waals surface area contributed by atoms with E-state index in [1.807, 2.05) is 12.5 Å². The van der Waals surface area contributed by atoms with Crippen LogP contribution >= 0.6 is 0 Å². The number of aromatic nitrogens is 2. The molecule has 0 radical (unpaired) electrons. The fraction of sp³-hybridized carbons (Fsp3) is 0.542. The highest BCUT2D eigenvalue weighted by molar-refractivity contribution is 5.76. The topological polar surface area (TPSA) is 87.9 Å². The van der Waals surface area contributed by atoms with E-state index in [0.717, 1.165) is 45.6 Å². The molecule has 174 valence electrons. The molecule has 2 fully saturated rings. The minimum Gasteiger partial charge on any atom is -0.483 e. The van der Waals surface area contributed by atoms with E-state index in [4.69, 9.17) is 14.6 Å². The van der Waals surface area contributed by atoms with Crippen molar-refractivity contribution in [2.24, 2.45) is 18.4 Å². The van der Waals surface area contributed by atoms with Crippen molar-refractivity contribution in [3.63, 3.8) is 0 Å². The monoisotopic (exact) mass is 442 g/mol. The first-order valence-corrected chi connectivity index (χ1v) is 11.1. The predicted octanol–water partition coefficient (Wildman–Crippen LogP) is 2.05. The quantitative estimate of drug-likeness (QED) is 0.630. The van der Waals surface area contributed by atoms with Crippen LogP contribution in [-0.4, -0.2) is 76.7 Å². The summed E-state index contributed by atoms with van der Waals surface area (Å²) < 4.78 is 7.22. The summed E-state index contributed by atoms with van der Waals surface area (Å²) >= 11 is 0. The molecule has 0 aliphatic carbocycles. The number of imidazole rings is 1. The van der Waals surface area contributed by atoms with Crippen molar-refractivity contribution in [1.29, 1.82) is 0 Å². The van der Waals surface area contributed by atoms with Crippen LogP contribution < -0.4 is 0 Å². The predicted molar refractivity (Wildman–Crippen MR) is 121 cm³/mol. The molecular formula is C24H34N4O4. The van der Waals surface area contributed by atoms with Crippen LogP contribution in [0.1, 0.15) is 24.1 Å². The number of hydrogen-bond donors (Lipinski definition) is 1. The van der Waals surface area contributed by atoms with Gasteiger partial charge in [-0.25, -0.2) is 4.98 Å². The number of carboxylic acid groups (broad SMARTS) is 1. The normalized spacial score (nSPS) is 22.3. The maximum atomic E-state index is 12.7. The Morgan fingerprint density at radius 3 is 2.69 bits per heavy atom. The molecule has 2 saturated heterocycles. The molecule has 0 spiro atoms. The summed E-state index contributed by atoms with van der Waals surface area (Å²) in [5, 5.41) is 6.89. The van der Waals surface area contributed by atoms with Gasteiger partial charge < -0.3 is 19.3 Å². The Morgan fingerprint density at radius 2 is 2.03 bits per heavy atom. The molecule has 32 heavy (non-hydrogen) atoms. The van der Waals surface area contributed by atoms with Crippen molar-refractivity contribution in [2.75, 3.05) is 39.9 Å². The summed E-state index contributed by atoms with van der Waals surface area (Å²) in [5.41, 5.74) is 2.81. The molecule has 2 aliphatic rings. The third-order valence-electron chi connectivity index (χ3n) is 6.76. The number of carbonyl (C=O) groups excluding carboxylic acids is 1. The van der Waals surface area contributed by atoms with Crippen LogP contribution in [0.3, 0.4) is 0 Å². The lowest BCUT2D eigenvalue weighted by molar-refractivity contribution is -0.131. The summed E-state index contributed by atoms with van der Waals surface area (Å²) in [4.78, 5) is 29.9. The minimum absolute atomic E-state index is 0.178. The van der Waals surface area contributed by atoms with Crippen LogP contribution in [0.2, 0.25) is 0 Å². The molecule has 8 nitrogen and oxygen atoms in total. The summed E-state index contributed by atoms with van der Waals surface area (Å²) in [6.07, 6.45) is 6.50. The molecule has 1 aromatic carbocycles. The van der Waals surface area contributed by atoms with E-state index < -0.39 is 0 Å². The van der Waals surface area contributed by atoms with E-state index in [9.17, 15) is 4.79 Å². The van der Waals surface area contributed by atoms with E-state index in [2.05, 4.69) is 56.7 Å². The molecule has 8 heteroatoms. The van der Waals surface area contributed by atoms with Gasteiger partial charge in [0.05, 0.1) is 25.0 Å². The van der Waals surface area contributed by atoms with Crippen LogP contribution in [0.5, 0.6) is 0 Å². The Morgan fingerprint density at radius 1 is 1.28 bits per heavy atom. The Labute approximate surface area is 189 Å². The van der Waals surface area contributed by atoms with Gasteiger partial charge in [0.1, 0.15) is 0 Å². The molecule has 2 atom stereocenters. The highest BCUT2D eigenvalue weighted by atomic mass is 16.5. The lowest BCUT2D eigenvalue weighted by Gasteiger charge is -2.30. The first-order chi connectivity index (χ1) is 15.5. The van der Waals surface area contributed by atoms with E-state index in [-0.39, 0.29) is 17.8 Å². The third-order valence-corrected chi connectivity index (χ3v) is 6.76. The zero-order valence-electron chi connectivity index (χ0n) is 19.0. The number of ether oxygens (including phenoxy) is 1. The number of hydrogen-bond acceptors (Lipinski definition) is 5. The number of methoxy groups -OCH3 is 1. The number of fused-ring (bicyclic) bond motifs is 1. The van der Waals surface area contributed by atoms with Gasteiger partial charge >= 0.3 is 0 Å². The van der Waals surface area contributed by atoms with Crippen molar-refractivity contribution >= 4 is 12.4 Å². The van der Waals surface area contributed by atoms with Gasteiger partial charge in [-0.3, -0.25) is 14.5 Å². The van der Waals surface area contributed by atoms with Crippen LogP contribution in [0.4, 0.5) is 0 Å². The number of rotatable bonds is 8. The maximum Gasteiger partial charge on any atom is 0.290 e. The Bertz CT molecular complexity index is 872. The van der Waals surface area contributed by atoms with E-state index >= 15 is 0 Å². The minimum atomic E-state index is -0.250. The Kier molecular flexibility index (Phi) is 8.41. The molecule has 4 rings (SSSR count). The van der Waals surface area contributed by atoms with Crippen LogP contribution in [0.15, 0.2) is 42.9 Å². The number of benzene rings is 1. The molecule has 2 aromatic rings. The molecule has 2 aliphatic heterocycles. The van der Waals surface area contributed by atoms with Crippen molar-refractivity contribution in [3.8, 4) is 0 Å². The number of nitrogens with zero attached hydrogens (tertiary/aromatic N) is 4. The number of likely N-dealkylation sites (tertiary alicyclic amines) is 2. The van der Waals surface area contributed by atoms with Gasteiger partial charge in [0, 0.05) is 58.5 Å². The lowest BCUT2D eigenvalue weighted by atomic mass is 9.76. The Hall–Kier alpha value is -2.71. The molecule has 2 unspecified atom stereocenters. The van der Waals surface area contributed by atoms with Gasteiger partial charge in [-0.1, -0.05) is 30.3 Å². The van der Waals surface area contributed by atoms with Gasteiger partial charge in [0.25, 0.3) is 6.47 Å². The van der Waals surface area contributed by atoms with E-state index in [0.29, 0.717) is 18.9 Å². The van der Waals surface area contributed by atoms with Gasteiger partial charge in [-0.15, -0.1) is 0 Å². The highest BCUT2D eigenvalue weighted by Crippen LogP contribution is 2.46. The molecule has 1 N–H and O–H groups in total. The average Bonchev–Trinajstić information content (AvgIpc) is 3.44. The summed E-state index contributed by atoms with van der Waals surface area (Å²) in [6, 6.07) is 10.7. The Balaban J connectivity index is 0.000000913. The first-order valence-electron chi connectivity index (χ1n) is 11.1. The maximum absolute atomic E-state index is 12.7. The molecule has 0 saturated carbocycles. The van der Waals surface area contributed by atoms with Gasteiger partial charge in [-0.2, -0.15) is 0 Å². The van der Waals surface area contributed by atoms with Crippen molar-refractivity contribution in [2.45, 2.75) is 25.8 Å². The zero-order valence-corrected chi connectivity index (χ0v) is 19.0. The third kappa shape index (κ3) is 5.75. The smallest absolute Gasteiger partial charge is 0.290 e. The standard InChI is InChI=1S/C23H32N4O2.CH2O2/c1-25-18-24-12-21(25)15-26-13-20-14-27(22(28)9-11-29-2)17-23(20,16-26)10-8-19-6-4-3-5-7-19;2-1-3/h3-7,12,18,20H,8-11,13-17H2,1-2H3;1H,(H,2,3). The van der Waals surface area contributed by atoms with Crippen LogP contribution in [-0.2, 0) is 34.3 Å². The largest absolute Gasteiger partial charge is 0.483 e. The van der Waals surface area contributed by atoms with Crippen LogP contribution in [0.25, 0.3) is 0 Å². The van der Waals surface area contributed by atoms with E-state index in [1.54, 1.807) is 7.11 Å². The second-order valence-corrected chi connectivity index (χ2v) is 8.83. The summed E-state index contributed by atoms with van der Waals surface area (Å²) in [6.45, 7) is 5.02. The molecular weight excluding hydrogens is 408 g/mol. The number of amides is 1. The van der Waals surface area contributed by atoms with Crippen molar-refractivity contribution < 1.29 is 19.4 Å². The molecule has 1 amide bonds. The van der Waals surface area contributed by atoms with Crippen LogP contribution in [0, 0.1) is 11.3 Å². The van der Waals surface area contributed by atoms with Crippen molar-refractivity contribution in [1.82, 2.24) is 19.4 Å². The SMILES string of the molecule is COCCC(=O)N1CC2CN(Cc3cncn3C)CC2(CCc2ccccc2)C1.O=CO. The summed E-state index contributed by atoms with van der Waals surface area (Å²) in [7, 11) is 3.71. The fourth-order valence-corrected chi connectivity index (χ4v) is 5.11. The molecule has 0 bridgehead atoms. The fourth-order valence-electron chi connectivity index (χ4n) is 5.11. The molecule has 3 heterocycles. The summed E-state index contributed by atoms with van der Waals surface area (Å²) in [5.74, 6) is 0.768. The van der Waals surface area contributed by atoms with Gasteiger partial charge in [0.2, 0.25) is 5.91 Å². The average molecular weight is 443 g/mol.